The number of benzene rings is 1. The number of fused-ring (bicyclic) bond motifs is 1. The van der Waals surface area contributed by atoms with Crippen LogP contribution < -0.4 is 15.4 Å². The highest BCUT2D eigenvalue weighted by molar-refractivity contribution is 7.22. The van der Waals surface area contributed by atoms with E-state index >= 15 is 0 Å². The van der Waals surface area contributed by atoms with Crippen LogP contribution in [-0.4, -0.2) is 35.3 Å². The average Bonchev–Trinajstić information content (AvgIpc) is 3.61. The van der Waals surface area contributed by atoms with Gasteiger partial charge in [0.15, 0.2) is 11.6 Å². The summed E-state index contributed by atoms with van der Waals surface area (Å²) < 4.78 is 41.6. The minimum Gasteiger partial charge on any atom is -0.453 e. The number of amides is 2. The topological polar surface area (TPSA) is 85.4 Å². The lowest BCUT2D eigenvalue weighted by Gasteiger charge is -2.34. The molecule has 1 saturated carbocycles. The van der Waals surface area contributed by atoms with Gasteiger partial charge in [-0.3, -0.25) is 9.97 Å². The van der Waals surface area contributed by atoms with Gasteiger partial charge in [0.1, 0.15) is 5.75 Å². The number of rotatable bonds is 8. The van der Waals surface area contributed by atoms with Crippen molar-refractivity contribution in [3.8, 4) is 22.1 Å². The maximum Gasteiger partial charge on any atom is 0.319 e. The van der Waals surface area contributed by atoms with Gasteiger partial charge in [0.2, 0.25) is 5.82 Å². The SMILES string of the molecule is [CH2]C(OC)C(c1ccc(-c2cc3nccc(Oc4ccc(NC(=O)NC5CC5)c(F)c4F)c3s2)nc1)C(C)(C)C. The number of halogens is 2. The molecule has 2 amide bonds. The van der Waals surface area contributed by atoms with Gasteiger partial charge in [0.05, 0.1) is 32.6 Å². The lowest BCUT2D eigenvalue weighted by molar-refractivity contribution is 0.0740. The van der Waals surface area contributed by atoms with Crippen molar-refractivity contribution in [3.63, 3.8) is 0 Å². The number of hydrogen-bond acceptors (Lipinski definition) is 6. The summed E-state index contributed by atoms with van der Waals surface area (Å²) in [5.41, 5.74) is 2.08. The number of thiophene rings is 1. The minimum atomic E-state index is -1.20. The molecule has 0 bridgehead atoms. The number of nitrogens with zero attached hydrogens (tertiary/aromatic N) is 2. The van der Waals surface area contributed by atoms with E-state index in [1.165, 1.54) is 23.5 Å². The summed E-state index contributed by atoms with van der Waals surface area (Å²) in [4.78, 5) is 21.9. The Morgan fingerprint density at radius 3 is 2.52 bits per heavy atom. The number of methoxy groups -OCH3 is 1. The van der Waals surface area contributed by atoms with Gasteiger partial charge in [-0.2, -0.15) is 4.39 Å². The van der Waals surface area contributed by atoms with E-state index in [0.29, 0.717) is 16.0 Å². The minimum absolute atomic E-state index is 0.0487. The zero-order valence-electron chi connectivity index (χ0n) is 22.8. The molecule has 0 saturated heterocycles. The van der Waals surface area contributed by atoms with Gasteiger partial charge in [0, 0.05) is 37.5 Å². The summed E-state index contributed by atoms with van der Waals surface area (Å²) in [5, 5.41) is 5.02. The van der Waals surface area contributed by atoms with Gasteiger partial charge >= 0.3 is 6.03 Å². The van der Waals surface area contributed by atoms with Crippen molar-refractivity contribution in [1.29, 1.82) is 0 Å². The van der Waals surface area contributed by atoms with E-state index < -0.39 is 17.7 Å². The highest BCUT2D eigenvalue weighted by Crippen LogP contribution is 2.42. The number of carbonyl (C=O) groups excluding carboxylic acids is 1. The summed E-state index contributed by atoms with van der Waals surface area (Å²) in [5.74, 6) is -2.32. The summed E-state index contributed by atoms with van der Waals surface area (Å²) in [6.45, 7) is 10.6. The molecule has 2 atom stereocenters. The lowest BCUT2D eigenvalue weighted by atomic mass is 9.74. The van der Waals surface area contributed by atoms with E-state index in [-0.39, 0.29) is 34.9 Å². The summed E-state index contributed by atoms with van der Waals surface area (Å²) in [7, 11) is 1.65. The predicted octanol–water partition coefficient (Wildman–Crippen LogP) is 7.69. The molecule has 209 valence electrons. The largest absolute Gasteiger partial charge is 0.453 e. The second kappa shape index (κ2) is 11.1. The first-order valence-electron chi connectivity index (χ1n) is 13.0. The second-order valence-corrected chi connectivity index (χ2v) is 12.0. The first kappa shape index (κ1) is 27.9. The molecule has 1 radical (unpaired) electrons. The van der Waals surface area contributed by atoms with Crippen LogP contribution >= 0.6 is 11.3 Å². The van der Waals surface area contributed by atoms with Crippen LogP contribution in [0.25, 0.3) is 20.8 Å². The molecule has 4 aromatic rings. The number of anilines is 1. The molecule has 1 aliphatic rings. The van der Waals surface area contributed by atoms with Crippen molar-refractivity contribution in [2.75, 3.05) is 12.4 Å². The molecular formula is C30H31F2N4O3S. The maximum atomic E-state index is 14.9. The van der Waals surface area contributed by atoms with Gasteiger partial charge in [-0.15, -0.1) is 11.3 Å². The Hall–Kier alpha value is -3.63. The first-order chi connectivity index (χ1) is 19.0. The van der Waals surface area contributed by atoms with Gasteiger partial charge in [-0.1, -0.05) is 26.8 Å². The smallest absolute Gasteiger partial charge is 0.319 e. The standard InChI is InChI=1S/C30H31F2N4O3S/c1-16(38-5)25(30(2,3)4)17-6-9-19(34-15-17)24-14-21-28(40-24)23(12-13-33-21)39-22-11-10-20(26(31)27(22)32)36-29(37)35-18-7-8-18/h6,9-16,18,25H,1,7-8H2,2-5H3,(H2,35,36,37). The normalized spacial score (nSPS) is 15.1. The van der Waals surface area contributed by atoms with Crippen LogP contribution in [0.1, 0.15) is 45.1 Å². The van der Waals surface area contributed by atoms with Crippen LogP contribution in [0.5, 0.6) is 11.5 Å². The molecule has 3 aromatic heterocycles. The van der Waals surface area contributed by atoms with Crippen molar-refractivity contribution in [2.24, 2.45) is 5.41 Å². The fraction of sp³-hybridized carbons (Fsp3) is 0.333. The maximum absolute atomic E-state index is 14.9. The molecule has 3 heterocycles. The number of aromatic nitrogens is 2. The summed E-state index contributed by atoms with van der Waals surface area (Å²) in [6.07, 6.45) is 4.93. The van der Waals surface area contributed by atoms with E-state index in [2.05, 4.69) is 43.3 Å². The average molecular weight is 566 g/mol. The molecule has 1 aliphatic carbocycles. The fourth-order valence-corrected chi connectivity index (χ4v) is 5.70. The molecule has 10 heteroatoms. The van der Waals surface area contributed by atoms with Gasteiger partial charge < -0.3 is 20.1 Å². The third-order valence-corrected chi connectivity index (χ3v) is 7.97. The molecule has 7 nitrogen and oxygen atoms in total. The van der Waals surface area contributed by atoms with Gasteiger partial charge in [0.25, 0.3) is 0 Å². The predicted molar refractivity (Wildman–Crippen MR) is 153 cm³/mol. The fourth-order valence-electron chi connectivity index (χ4n) is 4.66. The van der Waals surface area contributed by atoms with Gasteiger partial charge in [-0.05, 0) is 55.0 Å². The van der Waals surface area contributed by atoms with Crippen molar-refractivity contribution in [2.45, 2.75) is 51.7 Å². The monoisotopic (exact) mass is 565 g/mol. The third kappa shape index (κ3) is 5.93. The number of hydrogen-bond donors (Lipinski definition) is 2. The van der Waals surface area contributed by atoms with Crippen LogP contribution in [0.3, 0.4) is 0 Å². The molecule has 0 spiro atoms. The van der Waals surface area contributed by atoms with E-state index in [9.17, 15) is 13.6 Å². The van der Waals surface area contributed by atoms with E-state index in [1.54, 1.807) is 19.4 Å². The Kier molecular flexibility index (Phi) is 7.74. The van der Waals surface area contributed by atoms with Crippen molar-refractivity contribution in [1.82, 2.24) is 15.3 Å². The number of urea groups is 1. The molecular weight excluding hydrogens is 534 g/mol. The van der Waals surface area contributed by atoms with Crippen LogP contribution in [0.2, 0.25) is 0 Å². The Labute approximate surface area is 235 Å². The molecule has 5 rings (SSSR count). The van der Waals surface area contributed by atoms with Crippen LogP contribution in [0, 0.1) is 24.0 Å². The number of nitrogens with one attached hydrogen (secondary N) is 2. The van der Waals surface area contributed by atoms with Crippen molar-refractivity contribution >= 4 is 33.3 Å². The molecule has 1 fully saturated rings. The summed E-state index contributed by atoms with van der Waals surface area (Å²) >= 11 is 1.39. The number of ether oxygens (including phenoxy) is 2. The molecule has 40 heavy (non-hydrogen) atoms. The Balaban J connectivity index is 1.38. The van der Waals surface area contributed by atoms with E-state index in [1.807, 2.05) is 24.4 Å². The highest BCUT2D eigenvalue weighted by Gasteiger charge is 2.32. The number of carbonyl (C=O) groups is 1. The van der Waals surface area contributed by atoms with E-state index in [4.69, 9.17) is 14.5 Å². The van der Waals surface area contributed by atoms with E-state index in [0.717, 1.165) is 29.0 Å². The third-order valence-electron chi connectivity index (χ3n) is 6.81. The van der Waals surface area contributed by atoms with Crippen LogP contribution in [0.15, 0.2) is 48.8 Å². The molecule has 2 unspecified atom stereocenters. The lowest BCUT2D eigenvalue weighted by Crippen LogP contribution is -2.30. The second-order valence-electron chi connectivity index (χ2n) is 10.9. The Morgan fingerprint density at radius 1 is 1.10 bits per heavy atom. The Bertz CT molecular complexity index is 1530. The van der Waals surface area contributed by atoms with Crippen LogP contribution in [-0.2, 0) is 4.74 Å². The van der Waals surface area contributed by atoms with Gasteiger partial charge in [-0.25, -0.2) is 9.18 Å². The summed E-state index contributed by atoms with van der Waals surface area (Å²) in [6, 6.07) is 9.53. The van der Waals surface area contributed by atoms with Crippen molar-refractivity contribution in [3.05, 3.63) is 72.9 Å². The quantitative estimate of drug-likeness (QED) is 0.229. The first-order valence-corrected chi connectivity index (χ1v) is 13.8. The highest BCUT2D eigenvalue weighted by atomic mass is 32.1. The van der Waals surface area contributed by atoms with Crippen LogP contribution in [0.4, 0.5) is 19.3 Å². The molecule has 0 aliphatic heterocycles. The zero-order valence-corrected chi connectivity index (χ0v) is 23.6. The number of pyridine rings is 2. The zero-order chi connectivity index (χ0) is 28.6. The van der Waals surface area contributed by atoms with Crippen molar-refractivity contribution < 1.29 is 23.0 Å². The molecule has 1 aromatic carbocycles. The Morgan fingerprint density at radius 2 is 1.88 bits per heavy atom. The molecule has 2 N–H and O–H groups in total.